The van der Waals surface area contributed by atoms with Crippen LogP contribution in [0.1, 0.15) is 31.2 Å². The average Bonchev–Trinajstić information content (AvgIpc) is 2.39. The molecule has 1 N–H and O–H groups in total. The number of sulfone groups is 1. The number of carbonyl (C=O) groups excluding carboxylic acids is 1. The molecule has 20 heavy (non-hydrogen) atoms. The van der Waals surface area contributed by atoms with Crippen LogP contribution in [0.15, 0.2) is 24.5 Å². The molecule has 1 aromatic rings. The van der Waals surface area contributed by atoms with Crippen LogP contribution in [0.3, 0.4) is 0 Å². The standard InChI is InChI=1S/C14H20N2O3S/c1-20(18,19)13-5-3-2-4-12(13)16-14(17)10-11-6-8-15-9-7-11/h6-9,12-13H,2-5,10H2,1H3,(H,16,17)/t12-,13-/m1/s1. The topological polar surface area (TPSA) is 76.1 Å². The van der Waals surface area contributed by atoms with E-state index in [0.29, 0.717) is 6.42 Å². The van der Waals surface area contributed by atoms with E-state index in [0.717, 1.165) is 24.8 Å². The molecule has 1 fully saturated rings. The summed E-state index contributed by atoms with van der Waals surface area (Å²) >= 11 is 0. The summed E-state index contributed by atoms with van der Waals surface area (Å²) in [6, 6.07) is 3.32. The average molecular weight is 296 g/mol. The Morgan fingerprint density at radius 3 is 2.60 bits per heavy atom. The predicted octanol–water partition coefficient (Wildman–Crippen LogP) is 1.10. The molecular formula is C14H20N2O3S. The lowest BCUT2D eigenvalue weighted by molar-refractivity contribution is -0.121. The first-order valence-corrected chi connectivity index (χ1v) is 8.79. The summed E-state index contributed by atoms with van der Waals surface area (Å²) in [5, 5.41) is 2.44. The molecule has 1 saturated carbocycles. The Morgan fingerprint density at radius 2 is 1.95 bits per heavy atom. The second kappa shape index (κ2) is 6.35. The first-order valence-electron chi connectivity index (χ1n) is 6.84. The molecule has 1 amide bonds. The van der Waals surface area contributed by atoms with Crippen molar-refractivity contribution in [1.29, 1.82) is 0 Å². The highest BCUT2D eigenvalue weighted by Crippen LogP contribution is 2.24. The van der Waals surface area contributed by atoms with Gasteiger partial charge >= 0.3 is 0 Å². The molecule has 1 aliphatic rings. The van der Waals surface area contributed by atoms with E-state index in [9.17, 15) is 13.2 Å². The third-order valence-corrected chi connectivity index (χ3v) is 5.38. The van der Waals surface area contributed by atoms with Crippen molar-refractivity contribution in [2.45, 2.75) is 43.4 Å². The van der Waals surface area contributed by atoms with Gasteiger partial charge in [-0.15, -0.1) is 0 Å². The summed E-state index contributed by atoms with van der Waals surface area (Å²) in [5.74, 6) is -0.128. The Morgan fingerprint density at radius 1 is 1.30 bits per heavy atom. The van der Waals surface area contributed by atoms with Gasteiger partial charge in [0.05, 0.1) is 11.7 Å². The van der Waals surface area contributed by atoms with E-state index >= 15 is 0 Å². The third kappa shape index (κ3) is 4.03. The number of carbonyl (C=O) groups is 1. The van der Waals surface area contributed by atoms with Crippen molar-refractivity contribution in [3.8, 4) is 0 Å². The second-order valence-corrected chi connectivity index (χ2v) is 7.62. The largest absolute Gasteiger partial charge is 0.352 e. The Labute approximate surface area is 119 Å². The van der Waals surface area contributed by atoms with E-state index in [4.69, 9.17) is 0 Å². The van der Waals surface area contributed by atoms with Gasteiger partial charge < -0.3 is 5.32 Å². The molecule has 1 aliphatic carbocycles. The van der Waals surface area contributed by atoms with Crippen LogP contribution in [0.2, 0.25) is 0 Å². The number of aromatic nitrogens is 1. The summed E-state index contributed by atoms with van der Waals surface area (Å²) in [6.07, 6.45) is 8.05. The van der Waals surface area contributed by atoms with Crippen molar-refractivity contribution in [2.24, 2.45) is 0 Å². The molecule has 2 atom stereocenters. The predicted molar refractivity (Wildman–Crippen MR) is 77.0 cm³/mol. The first-order chi connectivity index (χ1) is 9.47. The molecule has 2 rings (SSSR count). The van der Waals surface area contributed by atoms with Gasteiger partial charge in [-0.2, -0.15) is 0 Å². The zero-order chi connectivity index (χ0) is 14.6. The van der Waals surface area contributed by atoms with Crippen LogP contribution in [0.25, 0.3) is 0 Å². The zero-order valence-corrected chi connectivity index (χ0v) is 12.4. The maximum atomic E-state index is 12.0. The third-order valence-electron chi connectivity index (χ3n) is 3.71. The van der Waals surface area contributed by atoms with Crippen molar-refractivity contribution in [2.75, 3.05) is 6.26 Å². The molecule has 6 heteroatoms. The van der Waals surface area contributed by atoms with Gasteiger partial charge in [0.2, 0.25) is 5.91 Å². The number of rotatable bonds is 4. The minimum absolute atomic E-state index is 0.128. The van der Waals surface area contributed by atoms with Crippen LogP contribution in [-0.2, 0) is 21.1 Å². The maximum Gasteiger partial charge on any atom is 0.224 e. The highest BCUT2D eigenvalue weighted by atomic mass is 32.2. The Bertz CT molecular complexity index is 557. The van der Waals surface area contributed by atoms with Gasteiger partial charge in [-0.25, -0.2) is 8.42 Å². The Balaban J connectivity index is 1.98. The fourth-order valence-electron chi connectivity index (χ4n) is 2.72. The number of pyridine rings is 1. The SMILES string of the molecule is CS(=O)(=O)[C@@H]1CCCC[C@H]1NC(=O)Cc1ccncc1. The van der Waals surface area contributed by atoms with E-state index < -0.39 is 15.1 Å². The van der Waals surface area contributed by atoms with E-state index in [1.165, 1.54) is 6.26 Å². The number of nitrogens with zero attached hydrogens (tertiary/aromatic N) is 1. The van der Waals surface area contributed by atoms with Gasteiger partial charge in [0.15, 0.2) is 9.84 Å². The molecule has 0 bridgehead atoms. The lowest BCUT2D eigenvalue weighted by atomic mass is 9.94. The Hall–Kier alpha value is -1.43. The normalized spacial score (nSPS) is 23.2. The zero-order valence-electron chi connectivity index (χ0n) is 11.6. The quantitative estimate of drug-likeness (QED) is 0.902. The molecule has 0 radical (unpaired) electrons. The van der Waals surface area contributed by atoms with E-state index in [2.05, 4.69) is 10.3 Å². The van der Waals surface area contributed by atoms with Gasteiger partial charge in [0.25, 0.3) is 0 Å². The number of hydrogen-bond donors (Lipinski definition) is 1. The first kappa shape index (κ1) is 15.0. The monoisotopic (exact) mass is 296 g/mol. The van der Waals surface area contributed by atoms with Crippen molar-refractivity contribution in [1.82, 2.24) is 10.3 Å². The van der Waals surface area contributed by atoms with Crippen LogP contribution in [0, 0.1) is 0 Å². The van der Waals surface area contributed by atoms with Crippen LogP contribution >= 0.6 is 0 Å². The fraction of sp³-hybridized carbons (Fsp3) is 0.571. The summed E-state index contributed by atoms with van der Waals surface area (Å²) in [7, 11) is -3.12. The summed E-state index contributed by atoms with van der Waals surface area (Å²) in [6.45, 7) is 0. The van der Waals surface area contributed by atoms with Crippen LogP contribution in [0.5, 0.6) is 0 Å². The molecule has 0 saturated heterocycles. The summed E-state index contributed by atoms with van der Waals surface area (Å²) < 4.78 is 23.6. The molecule has 110 valence electrons. The van der Waals surface area contributed by atoms with Crippen LogP contribution in [0.4, 0.5) is 0 Å². The molecule has 1 aromatic heterocycles. The van der Waals surface area contributed by atoms with E-state index in [1.54, 1.807) is 24.5 Å². The highest BCUT2D eigenvalue weighted by Gasteiger charge is 2.33. The van der Waals surface area contributed by atoms with Crippen LogP contribution in [-0.4, -0.2) is 36.9 Å². The lowest BCUT2D eigenvalue weighted by Crippen LogP contribution is -2.48. The van der Waals surface area contributed by atoms with Gasteiger partial charge in [0.1, 0.15) is 0 Å². The minimum atomic E-state index is -3.12. The molecular weight excluding hydrogens is 276 g/mol. The van der Waals surface area contributed by atoms with E-state index in [1.807, 2.05) is 0 Å². The lowest BCUT2D eigenvalue weighted by Gasteiger charge is -2.30. The van der Waals surface area contributed by atoms with Gasteiger partial charge in [-0.1, -0.05) is 12.8 Å². The number of nitrogens with one attached hydrogen (secondary N) is 1. The summed E-state index contributed by atoms with van der Waals surface area (Å²) in [4.78, 5) is 15.9. The summed E-state index contributed by atoms with van der Waals surface area (Å²) in [5.41, 5.74) is 0.879. The van der Waals surface area contributed by atoms with Crippen molar-refractivity contribution >= 4 is 15.7 Å². The molecule has 0 aliphatic heterocycles. The van der Waals surface area contributed by atoms with Gasteiger partial charge in [0, 0.05) is 24.7 Å². The molecule has 0 spiro atoms. The fourth-order valence-corrected chi connectivity index (χ4v) is 4.11. The van der Waals surface area contributed by atoms with Gasteiger partial charge in [-0.3, -0.25) is 9.78 Å². The molecule has 1 heterocycles. The number of amides is 1. The van der Waals surface area contributed by atoms with Gasteiger partial charge in [-0.05, 0) is 30.5 Å². The molecule has 0 unspecified atom stereocenters. The molecule has 0 aromatic carbocycles. The smallest absolute Gasteiger partial charge is 0.224 e. The molecule has 5 nitrogen and oxygen atoms in total. The Kier molecular flexibility index (Phi) is 4.75. The van der Waals surface area contributed by atoms with Crippen molar-refractivity contribution in [3.05, 3.63) is 30.1 Å². The minimum Gasteiger partial charge on any atom is -0.352 e. The van der Waals surface area contributed by atoms with Crippen LogP contribution < -0.4 is 5.32 Å². The number of hydrogen-bond acceptors (Lipinski definition) is 4. The van der Waals surface area contributed by atoms with Crippen molar-refractivity contribution < 1.29 is 13.2 Å². The van der Waals surface area contributed by atoms with E-state index in [-0.39, 0.29) is 18.4 Å². The second-order valence-electron chi connectivity index (χ2n) is 5.36. The highest BCUT2D eigenvalue weighted by molar-refractivity contribution is 7.91. The van der Waals surface area contributed by atoms with Crippen molar-refractivity contribution in [3.63, 3.8) is 0 Å². The maximum absolute atomic E-state index is 12.0.